The number of pyridine rings is 1. The second-order valence-corrected chi connectivity index (χ2v) is 5.13. The number of carbonyl (C=O) groups is 1. The van der Waals surface area contributed by atoms with Crippen LogP contribution in [0.4, 0.5) is 0 Å². The van der Waals surface area contributed by atoms with E-state index < -0.39 is 5.97 Å². The van der Waals surface area contributed by atoms with Crippen LogP contribution in [0.1, 0.15) is 28.4 Å². The lowest BCUT2D eigenvalue weighted by Gasteiger charge is -2.08. The van der Waals surface area contributed by atoms with Crippen LogP contribution in [0.5, 0.6) is 0 Å². The molecule has 5 heteroatoms. The van der Waals surface area contributed by atoms with Crippen molar-refractivity contribution in [2.75, 3.05) is 13.1 Å². The molecule has 2 N–H and O–H groups in total. The van der Waals surface area contributed by atoms with E-state index in [4.69, 9.17) is 0 Å². The molecule has 19 heavy (non-hydrogen) atoms. The fraction of sp³-hybridized carbons (Fsp3) is 0.429. The van der Waals surface area contributed by atoms with E-state index in [1.165, 1.54) is 0 Å². The lowest BCUT2D eigenvalue weighted by Crippen LogP contribution is -2.12. The van der Waals surface area contributed by atoms with Crippen molar-refractivity contribution in [3.63, 3.8) is 0 Å². The number of aromatic nitrogens is 2. The summed E-state index contributed by atoms with van der Waals surface area (Å²) in [7, 11) is 0. The third-order valence-corrected chi connectivity index (χ3v) is 3.76. The number of nitrogens with zero attached hydrogens (tertiary/aromatic N) is 2. The first kappa shape index (κ1) is 12.2. The lowest BCUT2D eigenvalue weighted by molar-refractivity contribution is 0.0693. The molecule has 0 amide bonds. The summed E-state index contributed by atoms with van der Waals surface area (Å²) in [5, 5.41) is 12.6. The van der Waals surface area contributed by atoms with Gasteiger partial charge in [0.05, 0.1) is 5.52 Å². The number of hydrogen-bond donors (Lipinski definition) is 2. The zero-order valence-electron chi connectivity index (χ0n) is 10.9. The molecule has 0 saturated carbocycles. The molecule has 2 aromatic heterocycles. The minimum Gasteiger partial charge on any atom is -0.476 e. The average Bonchev–Trinajstić information content (AvgIpc) is 2.98. The summed E-state index contributed by atoms with van der Waals surface area (Å²) in [6.07, 6.45) is 1.95. The monoisotopic (exact) mass is 259 g/mol. The normalized spacial score (nSPS) is 19.1. The van der Waals surface area contributed by atoms with Crippen molar-refractivity contribution in [2.45, 2.75) is 19.8 Å². The van der Waals surface area contributed by atoms with E-state index >= 15 is 0 Å². The van der Waals surface area contributed by atoms with Crippen molar-refractivity contribution >= 4 is 11.5 Å². The third-order valence-electron chi connectivity index (χ3n) is 3.76. The van der Waals surface area contributed by atoms with Crippen LogP contribution in [-0.2, 0) is 6.42 Å². The predicted molar refractivity (Wildman–Crippen MR) is 71.6 cm³/mol. The first-order chi connectivity index (χ1) is 9.16. The molecule has 1 saturated heterocycles. The Labute approximate surface area is 111 Å². The molecule has 3 heterocycles. The Kier molecular flexibility index (Phi) is 2.98. The van der Waals surface area contributed by atoms with Crippen molar-refractivity contribution < 1.29 is 9.90 Å². The summed E-state index contributed by atoms with van der Waals surface area (Å²) in [6.45, 7) is 4.01. The Morgan fingerprint density at radius 2 is 2.42 bits per heavy atom. The van der Waals surface area contributed by atoms with E-state index in [0.29, 0.717) is 11.4 Å². The summed E-state index contributed by atoms with van der Waals surface area (Å²) < 4.78 is 1.97. The Balaban J connectivity index is 2.09. The number of aryl methyl sites for hydroxylation is 1. The molecule has 1 aliphatic rings. The molecule has 2 aromatic rings. The number of carboxylic acids is 1. The van der Waals surface area contributed by atoms with Crippen LogP contribution in [-0.4, -0.2) is 33.6 Å². The summed E-state index contributed by atoms with van der Waals surface area (Å²) in [4.78, 5) is 15.6. The Morgan fingerprint density at radius 3 is 3.11 bits per heavy atom. The van der Waals surface area contributed by atoms with E-state index in [9.17, 15) is 9.90 Å². The zero-order valence-corrected chi connectivity index (χ0v) is 10.9. The summed E-state index contributed by atoms with van der Waals surface area (Å²) in [5.41, 5.74) is 1.87. The molecule has 1 atom stereocenters. The van der Waals surface area contributed by atoms with E-state index in [2.05, 4.69) is 10.3 Å². The molecule has 100 valence electrons. The van der Waals surface area contributed by atoms with Gasteiger partial charge in [0, 0.05) is 12.1 Å². The molecule has 3 rings (SSSR count). The second-order valence-electron chi connectivity index (χ2n) is 5.13. The first-order valence-electron chi connectivity index (χ1n) is 6.58. The van der Waals surface area contributed by atoms with Crippen molar-refractivity contribution in [1.29, 1.82) is 0 Å². The second kappa shape index (κ2) is 4.66. The van der Waals surface area contributed by atoms with Crippen LogP contribution in [0.3, 0.4) is 0 Å². The highest BCUT2D eigenvalue weighted by Crippen LogP contribution is 2.20. The van der Waals surface area contributed by atoms with Gasteiger partial charge in [0.2, 0.25) is 0 Å². The van der Waals surface area contributed by atoms with Gasteiger partial charge in [0.1, 0.15) is 5.82 Å². The van der Waals surface area contributed by atoms with Gasteiger partial charge in [-0.2, -0.15) is 0 Å². The summed E-state index contributed by atoms with van der Waals surface area (Å²) in [5.74, 6) is 0.449. The maximum absolute atomic E-state index is 11.3. The first-order valence-corrected chi connectivity index (χ1v) is 6.58. The van der Waals surface area contributed by atoms with E-state index in [1.54, 1.807) is 0 Å². The largest absolute Gasteiger partial charge is 0.476 e. The minimum absolute atomic E-state index is 0.157. The highest BCUT2D eigenvalue weighted by Gasteiger charge is 2.22. The highest BCUT2D eigenvalue weighted by molar-refractivity contribution is 5.93. The smallest absolute Gasteiger partial charge is 0.356 e. The molecule has 0 radical (unpaired) electrons. The Morgan fingerprint density at radius 1 is 1.58 bits per heavy atom. The van der Waals surface area contributed by atoms with Crippen LogP contribution in [0, 0.1) is 12.8 Å². The number of imidazole rings is 1. The molecular formula is C14H17N3O2. The summed E-state index contributed by atoms with van der Waals surface area (Å²) in [6, 6.07) is 5.68. The average molecular weight is 259 g/mol. The molecule has 1 unspecified atom stereocenters. The van der Waals surface area contributed by atoms with Crippen molar-refractivity contribution in [1.82, 2.24) is 14.7 Å². The molecule has 0 aromatic carbocycles. The molecule has 1 aliphatic heterocycles. The molecular weight excluding hydrogens is 242 g/mol. The Bertz CT molecular complexity index is 627. The van der Waals surface area contributed by atoms with Crippen LogP contribution < -0.4 is 5.32 Å². The van der Waals surface area contributed by atoms with Crippen LogP contribution >= 0.6 is 0 Å². The van der Waals surface area contributed by atoms with Gasteiger partial charge in [-0.1, -0.05) is 6.07 Å². The molecule has 0 spiro atoms. The van der Waals surface area contributed by atoms with E-state index in [1.807, 2.05) is 29.5 Å². The lowest BCUT2D eigenvalue weighted by atomic mass is 10.0. The van der Waals surface area contributed by atoms with Gasteiger partial charge in [0.15, 0.2) is 5.69 Å². The highest BCUT2D eigenvalue weighted by atomic mass is 16.4. The predicted octanol–water partition coefficient (Wildman–Crippen LogP) is 1.49. The number of hydrogen-bond acceptors (Lipinski definition) is 3. The summed E-state index contributed by atoms with van der Waals surface area (Å²) >= 11 is 0. The maximum atomic E-state index is 11.3. The molecule has 0 aliphatic carbocycles. The standard InChI is InChI=1S/C14H17N3O2/c1-9-3-2-4-11-13(14(18)19)16-12(17(9)11)7-10-5-6-15-8-10/h2-4,10,15H,5-8H2,1H3,(H,18,19). The third kappa shape index (κ3) is 2.10. The SMILES string of the molecule is Cc1cccc2c(C(=O)O)nc(CC3CCNC3)n12. The van der Waals surface area contributed by atoms with Crippen LogP contribution in [0.2, 0.25) is 0 Å². The maximum Gasteiger partial charge on any atom is 0.356 e. The van der Waals surface area contributed by atoms with Gasteiger partial charge < -0.3 is 14.8 Å². The van der Waals surface area contributed by atoms with E-state index in [0.717, 1.165) is 37.4 Å². The van der Waals surface area contributed by atoms with Crippen molar-refractivity contribution in [3.05, 3.63) is 35.4 Å². The number of fused-ring (bicyclic) bond motifs is 1. The number of nitrogens with one attached hydrogen (secondary N) is 1. The molecule has 1 fully saturated rings. The number of rotatable bonds is 3. The fourth-order valence-electron chi connectivity index (χ4n) is 2.82. The number of carboxylic acid groups (broad SMARTS) is 1. The van der Waals surface area contributed by atoms with Crippen molar-refractivity contribution in [3.8, 4) is 0 Å². The van der Waals surface area contributed by atoms with Gasteiger partial charge in [-0.15, -0.1) is 0 Å². The topological polar surface area (TPSA) is 66.6 Å². The van der Waals surface area contributed by atoms with Crippen LogP contribution in [0.15, 0.2) is 18.2 Å². The van der Waals surface area contributed by atoms with Gasteiger partial charge in [-0.05, 0) is 44.5 Å². The van der Waals surface area contributed by atoms with E-state index in [-0.39, 0.29) is 5.69 Å². The quantitative estimate of drug-likeness (QED) is 0.876. The van der Waals surface area contributed by atoms with Crippen molar-refractivity contribution in [2.24, 2.45) is 5.92 Å². The fourth-order valence-corrected chi connectivity index (χ4v) is 2.82. The Hall–Kier alpha value is -1.88. The van der Waals surface area contributed by atoms with Gasteiger partial charge in [-0.3, -0.25) is 0 Å². The van der Waals surface area contributed by atoms with Crippen LogP contribution in [0.25, 0.3) is 5.52 Å². The van der Waals surface area contributed by atoms with Gasteiger partial charge >= 0.3 is 5.97 Å². The van der Waals surface area contributed by atoms with Gasteiger partial charge in [0.25, 0.3) is 0 Å². The number of aromatic carboxylic acids is 1. The minimum atomic E-state index is -0.959. The zero-order chi connectivity index (χ0) is 13.4. The van der Waals surface area contributed by atoms with Gasteiger partial charge in [-0.25, -0.2) is 9.78 Å². The molecule has 0 bridgehead atoms. The molecule has 5 nitrogen and oxygen atoms in total.